The third-order valence-electron chi connectivity index (χ3n) is 3.27. The average Bonchev–Trinajstić information content (AvgIpc) is 2.21. The van der Waals surface area contributed by atoms with Crippen LogP contribution < -0.4 is 10.6 Å². The van der Waals surface area contributed by atoms with E-state index in [1.807, 2.05) is 39.0 Å². The molecule has 0 aliphatic carbocycles. The molecule has 1 aromatic carbocycles. The number of aryl methyl sites for hydroxylation is 2. The standard InChI is InChI=1S/C14H18N2O/c1-9-5-4-6-10(2)13(9)16-14(17)11(3)12-7-15-8-12/h4-6,15H,7-8H2,1-3H3,(H,16,17). The minimum Gasteiger partial charge on any atom is -0.322 e. The molecule has 0 bridgehead atoms. The molecule has 3 nitrogen and oxygen atoms in total. The number of benzene rings is 1. The first kappa shape index (κ1) is 11.9. The average molecular weight is 230 g/mol. The van der Waals surface area contributed by atoms with Gasteiger partial charge in [0.25, 0.3) is 5.91 Å². The molecule has 1 fully saturated rings. The number of hydrogen-bond donors (Lipinski definition) is 2. The van der Waals surface area contributed by atoms with E-state index in [2.05, 4.69) is 10.6 Å². The first-order valence-electron chi connectivity index (χ1n) is 5.86. The van der Waals surface area contributed by atoms with Gasteiger partial charge in [0.15, 0.2) is 0 Å². The molecule has 90 valence electrons. The van der Waals surface area contributed by atoms with Gasteiger partial charge in [-0.2, -0.15) is 0 Å². The Morgan fingerprint density at radius 2 is 1.82 bits per heavy atom. The van der Waals surface area contributed by atoms with Gasteiger partial charge in [-0.3, -0.25) is 4.79 Å². The van der Waals surface area contributed by atoms with E-state index in [1.54, 1.807) is 0 Å². The number of carbonyl (C=O) groups excluding carboxylic acids is 1. The Balaban J connectivity index is 2.19. The van der Waals surface area contributed by atoms with Gasteiger partial charge in [-0.15, -0.1) is 0 Å². The van der Waals surface area contributed by atoms with Crippen LogP contribution in [0, 0.1) is 13.8 Å². The topological polar surface area (TPSA) is 41.1 Å². The minimum atomic E-state index is 0.0129. The Kier molecular flexibility index (Phi) is 3.29. The second-order valence-electron chi connectivity index (χ2n) is 4.55. The molecule has 0 saturated carbocycles. The van der Waals surface area contributed by atoms with Gasteiger partial charge in [0.05, 0.1) is 0 Å². The van der Waals surface area contributed by atoms with Gasteiger partial charge in [0.1, 0.15) is 0 Å². The number of carbonyl (C=O) groups is 1. The Bertz CT molecular complexity index is 463. The summed E-state index contributed by atoms with van der Waals surface area (Å²) < 4.78 is 0. The Morgan fingerprint density at radius 3 is 2.29 bits per heavy atom. The lowest BCUT2D eigenvalue weighted by Gasteiger charge is -2.22. The van der Waals surface area contributed by atoms with Gasteiger partial charge >= 0.3 is 0 Å². The number of hydrogen-bond acceptors (Lipinski definition) is 2. The maximum Gasteiger partial charge on any atom is 0.251 e. The molecule has 1 aliphatic heterocycles. The molecule has 1 saturated heterocycles. The normalized spacial score (nSPS) is 14.2. The second-order valence-corrected chi connectivity index (χ2v) is 4.55. The third-order valence-corrected chi connectivity index (χ3v) is 3.27. The lowest BCUT2D eigenvalue weighted by molar-refractivity contribution is -0.112. The van der Waals surface area contributed by atoms with Gasteiger partial charge in [0.2, 0.25) is 0 Å². The lowest BCUT2D eigenvalue weighted by atomic mass is 10.0. The summed E-state index contributed by atoms with van der Waals surface area (Å²) in [7, 11) is 0. The highest BCUT2D eigenvalue weighted by Crippen LogP contribution is 2.21. The lowest BCUT2D eigenvalue weighted by Crippen LogP contribution is -2.36. The van der Waals surface area contributed by atoms with Crippen LogP contribution in [-0.2, 0) is 4.79 Å². The van der Waals surface area contributed by atoms with Crippen LogP contribution in [-0.4, -0.2) is 19.0 Å². The Hall–Kier alpha value is -1.61. The molecule has 2 rings (SSSR count). The van der Waals surface area contributed by atoms with E-state index in [-0.39, 0.29) is 5.91 Å². The van der Waals surface area contributed by atoms with Crippen molar-refractivity contribution in [3.8, 4) is 0 Å². The van der Waals surface area contributed by atoms with E-state index in [1.165, 1.54) is 5.57 Å². The fourth-order valence-corrected chi connectivity index (χ4v) is 1.89. The number of amides is 1. The van der Waals surface area contributed by atoms with Crippen LogP contribution in [0.5, 0.6) is 0 Å². The Morgan fingerprint density at radius 1 is 1.24 bits per heavy atom. The molecule has 0 aromatic heterocycles. The van der Waals surface area contributed by atoms with Crippen LogP contribution >= 0.6 is 0 Å². The summed E-state index contributed by atoms with van der Waals surface area (Å²) in [4.78, 5) is 12.1. The zero-order chi connectivity index (χ0) is 12.4. The molecule has 1 heterocycles. The number of para-hydroxylation sites is 1. The zero-order valence-electron chi connectivity index (χ0n) is 10.6. The third kappa shape index (κ3) is 2.39. The minimum absolute atomic E-state index is 0.0129. The van der Waals surface area contributed by atoms with Crippen LogP contribution in [0.4, 0.5) is 5.69 Å². The fraction of sp³-hybridized carbons (Fsp3) is 0.357. The Labute approximate surface area is 102 Å². The highest BCUT2D eigenvalue weighted by atomic mass is 16.1. The van der Waals surface area contributed by atoms with Crippen LogP contribution in [0.15, 0.2) is 29.3 Å². The maximum absolute atomic E-state index is 12.1. The van der Waals surface area contributed by atoms with Crippen molar-refractivity contribution in [2.45, 2.75) is 20.8 Å². The van der Waals surface area contributed by atoms with Crippen molar-refractivity contribution in [2.75, 3.05) is 18.4 Å². The molecule has 0 radical (unpaired) electrons. The van der Waals surface area contributed by atoms with Crippen molar-refractivity contribution >= 4 is 11.6 Å². The molecular formula is C14H18N2O. The maximum atomic E-state index is 12.1. The van der Waals surface area contributed by atoms with Crippen molar-refractivity contribution in [1.29, 1.82) is 0 Å². The van der Waals surface area contributed by atoms with Gasteiger partial charge in [-0.05, 0) is 37.5 Å². The van der Waals surface area contributed by atoms with Crippen molar-refractivity contribution in [3.63, 3.8) is 0 Å². The highest BCUT2D eigenvalue weighted by molar-refractivity contribution is 6.04. The molecule has 1 amide bonds. The molecule has 2 N–H and O–H groups in total. The van der Waals surface area contributed by atoms with Crippen LogP contribution in [0.3, 0.4) is 0 Å². The summed E-state index contributed by atoms with van der Waals surface area (Å²) in [6.45, 7) is 7.59. The summed E-state index contributed by atoms with van der Waals surface area (Å²) in [6.07, 6.45) is 0. The van der Waals surface area contributed by atoms with Crippen molar-refractivity contribution < 1.29 is 4.79 Å². The van der Waals surface area contributed by atoms with Gasteiger partial charge in [-0.25, -0.2) is 0 Å². The van der Waals surface area contributed by atoms with E-state index in [9.17, 15) is 4.79 Å². The smallest absolute Gasteiger partial charge is 0.251 e. The highest BCUT2D eigenvalue weighted by Gasteiger charge is 2.16. The van der Waals surface area contributed by atoms with E-state index in [4.69, 9.17) is 0 Å². The van der Waals surface area contributed by atoms with Crippen molar-refractivity contribution in [1.82, 2.24) is 5.32 Å². The van der Waals surface area contributed by atoms with Crippen LogP contribution in [0.2, 0.25) is 0 Å². The predicted molar refractivity (Wildman–Crippen MR) is 70.1 cm³/mol. The molecule has 17 heavy (non-hydrogen) atoms. The second kappa shape index (κ2) is 4.72. The zero-order valence-corrected chi connectivity index (χ0v) is 10.6. The molecular weight excluding hydrogens is 212 g/mol. The van der Waals surface area contributed by atoms with E-state index in [0.717, 1.165) is 35.5 Å². The quantitative estimate of drug-likeness (QED) is 0.764. The van der Waals surface area contributed by atoms with Crippen LogP contribution in [0.25, 0.3) is 0 Å². The van der Waals surface area contributed by atoms with E-state index < -0.39 is 0 Å². The molecule has 0 spiro atoms. The molecule has 0 unspecified atom stereocenters. The summed E-state index contributed by atoms with van der Waals surface area (Å²) in [6, 6.07) is 6.02. The summed E-state index contributed by atoms with van der Waals surface area (Å²) in [5.74, 6) is 0.0129. The fourth-order valence-electron chi connectivity index (χ4n) is 1.89. The number of nitrogens with one attached hydrogen (secondary N) is 2. The van der Waals surface area contributed by atoms with Crippen molar-refractivity contribution in [2.24, 2.45) is 0 Å². The summed E-state index contributed by atoms with van der Waals surface area (Å²) >= 11 is 0. The monoisotopic (exact) mass is 230 g/mol. The summed E-state index contributed by atoms with van der Waals surface area (Å²) in [5.41, 5.74) is 5.18. The number of rotatable bonds is 2. The van der Waals surface area contributed by atoms with Gasteiger partial charge in [0, 0.05) is 24.4 Å². The first-order chi connectivity index (χ1) is 8.09. The first-order valence-corrected chi connectivity index (χ1v) is 5.86. The largest absolute Gasteiger partial charge is 0.322 e. The molecule has 0 atom stereocenters. The molecule has 3 heteroatoms. The SMILES string of the molecule is CC(C(=O)Nc1c(C)cccc1C)=C1CNC1. The summed E-state index contributed by atoms with van der Waals surface area (Å²) in [5, 5.41) is 6.15. The van der Waals surface area contributed by atoms with E-state index >= 15 is 0 Å². The van der Waals surface area contributed by atoms with E-state index in [0.29, 0.717) is 0 Å². The van der Waals surface area contributed by atoms with Gasteiger partial charge < -0.3 is 10.6 Å². The predicted octanol–water partition coefficient (Wildman–Crippen LogP) is 2.16. The van der Waals surface area contributed by atoms with Crippen molar-refractivity contribution in [3.05, 3.63) is 40.5 Å². The molecule has 1 aliphatic rings. The number of anilines is 1. The van der Waals surface area contributed by atoms with Gasteiger partial charge in [-0.1, -0.05) is 18.2 Å². The molecule has 1 aromatic rings. The van der Waals surface area contributed by atoms with Crippen LogP contribution in [0.1, 0.15) is 18.1 Å².